The number of benzene rings is 1. The summed E-state index contributed by atoms with van der Waals surface area (Å²) in [6, 6.07) is 5.43. The zero-order valence-electron chi connectivity index (χ0n) is 21.0. The Hall–Kier alpha value is 0.0738. The largest absolute Gasteiger partial charge is 0.455 e. The zero-order valence-corrected chi connectivity index (χ0v) is 24.5. The molecule has 1 aliphatic rings. The minimum Gasteiger partial charge on any atom is -0.455 e. The highest BCUT2D eigenvalue weighted by molar-refractivity contribution is 6.87. The average Bonchev–Trinajstić information content (AvgIpc) is 3.04. The molecule has 2 N–H and O–H groups in total. The maximum atomic E-state index is 8.82. The Morgan fingerprint density at radius 1 is 1.00 bits per heavy atom. The van der Waals surface area contributed by atoms with E-state index in [9.17, 15) is 0 Å². The Morgan fingerprint density at radius 3 is 1.94 bits per heavy atom. The fourth-order valence-corrected chi connectivity index (χ4v) is 10.5. The minimum absolute atomic E-state index is 0.0597. The zero-order chi connectivity index (χ0) is 24.3. The van der Waals surface area contributed by atoms with Crippen LogP contribution in [0, 0.1) is 0 Å². The van der Waals surface area contributed by atoms with Crippen LogP contribution in [0.15, 0.2) is 18.2 Å². The number of aliphatic hydroxyl groups excluding tert-OH is 1. The van der Waals surface area contributed by atoms with Crippen LogP contribution in [0.3, 0.4) is 0 Å². The highest BCUT2D eigenvalue weighted by Gasteiger charge is 2.46. The van der Waals surface area contributed by atoms with Gasteiger partial charge in [0, 0.05) is 13.2 Å². The second-order valence-corrected chi connectivity index (χ2v) is 22.0. The van der Waals surface area contributed by atoms with Crippen LogP contribution in [-0.2, 0) is 8.85 Å². The molecule has 0 amide bonds. The summed E-state index contributed by atoms with van der Waals surface area (Å²) in [5, 5.41) is 13.7. The van der Waals surface area contributed by atoms with E-state index in [0.717, 1.165) is 12.1 Å². The second kappa shape index (κ2) is 11.0. The van der Waals surface area contributed by atoms with Gasteiger partial charge in [0.25, 0.3) is 0 Å². The first-order valence-electron chi connectivity index (χ1n) is 11.1. The molecule has 2 rings (SSSR count). The van der Waals surface area contributed by atoms with E-state index < -0.39 is 16.6 Å². The molecule has 31 heavy (non-hydrogen) atoms. The van der Waals surface area contributed by atoms with E-state index in [1.165, 1.54) is 0 Å². The SMILES string of the molecule is CC(C)(C)[Si](C)(C)O[Si](C)(C)C(C)(C)C.OCC[C@@H]1CNC(c2ccc(Cl)c(Cl)c2)O1. The maximum absolute atomic E-state index is 8.82. The standard InChI is InChI=1S/C12H30OSi2.C11H13Cl2NO2/c1-11(2,3)14(7,8)13-15(9,10)12(4,5)6;12-9-2-1-7(5-10(9)13)11-14-6-8(16-11)3-4-15/h1-10H3;1-2,5,8,11,14-15H,3-4,6H2/t;8-,11?/m.1/s1. The van der Waals surface area contributed by atoms with Gasteiger partial charge < -0.3 is 14.0 Å². The molecule has 0 aromatic heterocycles. The summed E-state index contributed by atoms with van der Waals surface area (Å²) >= 11 is 11.8. The van der Waals surface area contributed by atoms with Crippen molar-refractivity contribution in [3.63, 3.8) is 0 Å². The lowest BCUT2D eigenvalue weighted by atomic mass is 10.2. The molecule has 2 atom stereocenters. The van der Waals surface area contributed by atoms with Gasteiger partial charge in [-0.1, -0.05) is 70.8 Å². The third-order valence-electron chi connectivity index (χ3n) is 6.68. The Labute approximate surface area is 202 Å². The van der Waals surface area contributed by atoms with Crippen molar-refractivity contribution in [2.24, 2.45) is 0 Å². The van der Waals surface area contributed by atoms with Crippen LogP contribution >= 0.6 is 23.2 Å². The quantitative estimate of drug-likeness (QED) is 0.408. The summed E-state index contributed by atoms with van der Waals surface area (Å²) in [6.45, 7) is 24.2. The number of rotatable bonds is 5. The van der Waals surface area contributed by atoms with Gasteiger partial charge >= 0.3 is 0 Å². The van der Waals surface area contributed by atoms with Crippen molar-refractivity contribution in [3.8, 4) is 0 Å². The molecule has 1 unspecified atom stereocenters. The van der Waals surface area contributed by atoms with Crippen LogP contribution in [0.4, 0.5) is 0 Å². The average molecular weight is 509 g/mol. The number of halogens is 2. The van der Waals surface area contributed by atoms with Crippen molar-refractivity contribution in [2.45, 2.75) is 96.6 Å². The number of nitrogens with one attached hydrogen (secondary N) is 1. The van der Waals surface area contributed by atoms with Crippen molar-refractivity contribution < 1.29 is 14.0 Å². The van der Waals surface area contributed by atoms with E-state index >= 15 is 0 Å². The lowest BCUT2D eigenvalue weighted by Crippen LogP contribution is -2.53. The van der Waals surface area contributed by atoms with Crippen molar-refractivity contribution in [1.82, 2.24) is 5.32 Å². The third-order valence-corrected chi connectivity index (χ3v) is 18.7. The van der Waals surface area contributed by atoms with Gasteiger partial charge in [-0.2, -0.15) is 0 Å². The monoisotopic (exact) mass is 507 g/mol. The summed E-state index contributed by atoms with van der Waals surface area (Å²) in [6.07, 6.45) is 0.543. The molecule has 1 fully saturated rings. The molecule has 1 saturated heterocycles. The molecule has 1 aromatic carbocycles. The number of aliphatic hydroxyl groups is 1. The molecular weight excluding hydrogens is 465 g/mol. The Balaban J connectivity index is 0.000000311. The predicted octanol–water partition coefficient (Wildman–Crippen LogP) is 7.38. The third kappa shape index (κ3) is 8.41. The Kier molecular flexibility index (Phi) is 10.3. The van der Waals surface area contributed by atoms with Crippen molar-refractivity contribution in [3.05, 3.63) is 33.8 Å². The predicted molar refractivity (Wildman–Crippen MR) is 139 cm³/mol. The Morgan fingerprint density at radius 2 is 1.52 bits per heavy atom. The first kappa shape index (κ1) is 29.1. The molecule has 180 valence electrons. The molecular formula is C23H43Cl2NO3Si2. The van der Waals surface area contributed by atoms with Crippen LogP contribution in [0.1, 0.15) is 59.8 Å². The van der Waals surface area contributed by atoms with Crippen molar-refractivity contribution >= 4 is 39.8 Å². The van der Waals surface area contributed by atoms with Crippen LogP contribution in [0.2, 0.25) is 46.3 Å². The van der Waals surface area contributed by atoms with Crippen molar-refractivity contribution in [1.29, 1.82) is 0 Å². The maximum Gasteiger partial charge on any atom is 0.178 e. The first-order chi connectivity index (χ1) is 13.9. The fraction of sp³-hybridized carbons (Fsp3) is 0.739. The van der Waals surface area contributed by atoms with Gasteiger partial charge in [-0.15, -0.1) is 0 Å². The normalized spacial score (nSPS) is 20.4. The molecule has 0 radical (unpaired) electrons. The van der Waals surface area contributed by atoms with Gasteiger partial charge in [0.2, 0.25) is 0 Å². The van der Waals surface area contributed by atoms with Gasteiger partial charge in [0.15, 0.2) is 16.6 Å². The molecule has 0 bridgehead atoms. The fourth-order valence-electron chi connectivity index (χ4n) is 2.66. The second-order valence-electron chi connectivity index (χ2n) is 11.4. The lowest BCUT2D eigenvalue weighted by Gasteiger charge is -2.47. The van der Waals surface area contributed by atoms with Gasteiger partial charge in [-0.05, 0) is 60.4 Å². The van der Waals surface area contributed by atoms with Gasteiger partial charge in [0.05, 0.1) is 16.1 Å². The van der Waals surface area contributed by atoms with E-state index in [-0.39, 0.29) is 18.9 Å². The Bertz CT molecular complexity index is 692. The molecule has 0 spiro atoms. The highest BCUT2D eigenvalue weighted by Crippen LogP contribution is 2.44. The van der Waals surface area contributed by atoms with Crippen LogP contribution < -0.4 is 5.32 Å². The lowest BCUT2D eigenvalue weighted by molar-refractivity contribution is 0.0282. The van der Waals surface area contributed by atoms with Gasteiger partial charge in [0.1, 0.15) is 6.23 Å². The number of hydrogen-bond donors (Lipinski definition) is 2. The molecule has 1 aromatic rings. The molecule has 1 aliphatic heterocycles. The van der Waals surface area contributed by atoms with Crippen LogP contribution in [-0.4, -0.2) is 41.0 Å². The van der Waals surface area contributed by atoms with Crippen molar-refractivity contribution in [2.75, 3.05) is 13.2 Å². The van der Waals surface area contributed by atoms with E-state index in [4.69, 9.17) is 37.2 Å². The molecule has 1 heterocycles. The minimum atomic E-state index is -1.59. The summed E-state index contributed by atoms with van der Waals surface area (Å²) in [7, 11) is -3.18. The molecule has 0 saturated carbocycles. The smallest absolute Gasteiger partial charge is 0.178 e. The molecule has 8 heteroatoms. The summed E-state index contributed by atoms with van der Waals surface area (Å²) in [5.74, 6) is 0. The molecule has 4 nitrogen and oxygen atoms in total. The van der Waals surface area contributed by atoms with E-state index in [2.05, 4.69) is 73.0 Å². The number of hydrogen-bond acceptors (Lipinski definition) is 4. The summed E-state index contributed by atoms with van der Waals surface area (Å²) in [4.78, 5) is 0. The van der Waals surface area contributed by atoms with Gasteiger partial charge in [-0.3, -0.25) is 5.32 Å². The van der Waals surface area contributed by atoms with E-state index in [0.29, 0.717) is 26.5 Å². The van der Waals surface area contributed by atoms with Crippen LogP contribution in [0.25, 0.3) is 0 Å². The topological polar surface area (TPSA) is 50.7 Å². The summed E-state index contributed by atoms with van der Waals surface area (Å²) < 4.78 is 12.3. The van der Waals surface area contributed by atoms with E-state index in [1.54, 1.807) is 12.1 Å². The van der Waals surface area contributed by atoms with Crippen LogP contribution in [0.5, 0.6) is 0 Å². The summed E-state index contributed by atoms with van der Waals surface area (Å²) in [5.41, 5.74) is 0.954. The first-order valence-corrected chi connectivity index (χ1v) is 17.6. The molecule has 0 aliphatic carbocycles. The van der Waals surface area contributed by atoms with E-state index in [1.807, 2.05) is 6.07 Å². The highest BCUT2D eigenvalue weighted by atomic mass is 35.5. The number of ether oxygens (including phenoxy) is 1. The van der Waals surface area contributed by atoms with Gasteiger partial charge in [-0.25, -0.2) is 0 Å².